The van der Waals surface area contributed by atoms with Gasteiger partial charge in [-0.2, -0.15) is 0 Å². The molecule has 0 aliphatic carbocycles. The second-order valence-corrected chi connectivity index (χ2v) is 8.65. The molecule has 3 heterocycles. The molecule has 0 saturated carbocycles. The Morgan fingerprint density at radius 1 is 1.03 bits per heavy atom. The summed E-state index contributed by atoms with van der Waals surface area (Å²) in [6, 6.07) is 20.2. The zero-order valence-corrected chi connectivity index (χ0v) is 20.0. The molecule has 2 aromatic carbocycles. The number of amides is 1. The zero-order chi connectivity index (χ0) is 25.1. The molecule has 5 rings (SSSR count). The number of hydrogen-bond acceptors (Lipinski definition) is 7. The normalized spacial score (nSPS) is 11.1. The van der Waals surface area contributed by atoms with Crippen molar-refractivity contribution in [1.82, 2.24) is 24.3 Å². The lowest BCUT2D eigenvalue weighted by molar-refractivity contribution is 0.102. The van der Waals surface area contributed by atoms with Crippen LogP contribution in [-0.2, 0) is 6.54 Å². The predicted molar refractivity (Wildman–Crippen MR) is 142 cm³/mol. The van der Waals surface area contributed by atoms with Gasteiger partial charge in [0, 0.05) is 30.2 Å². The molecule has 36 heavy (non-hydrogen) atoms. The van der Waals surface area contributed by atoms with Crippen LogP contribution < -0.4 is 16.4 Å². The molecular weight excluding hydrogens is 452 g/mol. The summed E-state index contributed by atoms with van der Waals surface area (Å²) in [6.07, 6.45) is 5.53. The van der Waals surface area contributed by atoms with Crippen LogP contribution in [0.3, 0.4) is 0 Å². The number of anilines is 4. The van der Waals surface area contributed by atoms with Crippen molar-refractivity contribution < 1.29 is 4.79 Å². The number of imidazole rings is 1. The maximum absolute atomic E-state index is 12.6. The Bertz CT molecular complexity index is 1520. The van der Waals surface area contributed by atoms with Crippen LogP contribution in [0.25, 0.3) is 17.0 Å². The first kappa shape index (κ1) is 23.0. The second kappa shape index (κ2) is 9.85. The first-order valence-electron chi connectivity index (χ1n) is 11.4. The number of nitrogens with two attached hydrogens (primary N) is 1. The van der Waals surface area contributed by atoms with E-state index in [-0.39, 0.29) is 5.91 Å². The van der Waals surface area contributed by atoms with Crippen LogP contribution in [0.4, 0.5) is 23.0 Å². The first-order chi connectivity index (χ1) is 17.5. The molecule has 0 bridgehead atoms. The van der Waals surface area contributed by atoms with Crippen molar-refractivity contribution in [1.29, 1.82) is 0 Å². The summed E-state index contributed by atoms with van der Waals surface area (Å²) < 4.78 is 2.01. The molecule has 1 amide bonds. The van der Waals surface area contributed by atoms with Gasteiger partial charge in [0.1, 0.15) is 5.65 Å². The van der Waals surface area contributed by atoms with Gasteiger partial charge in [0.05, 0.1) is 29.0 Å². The molecule has 0 saturated heterocycles. The van der Waals surface area contributed by atoms with Crippen molar-refractivity contribution >= 4 is 34.6 Å². The molecule has 0 aliphatic heterocycles. The molecule has 3 aromatic heterocycles. The van der Waals surface area contributed by atoms with Crippen molar-refractivity contribution in [2.45, 2.75) is 6.54 Å². The highest BCUT2D eigenvalue weighted by molar-refractivity contribution is 6.05. The average molecular weight is 479 g/mol. The summed E-state index contributed by atoms with van der Waals surface area (Å²) >= 11 is 0. The maximum Gasteiger partial charge on any atom is 0.255 e. The van der Waals surface area contributed by atoms with Gasteiger partial charge >= 0.3 is 0 Å². The van der Waals surface area contributed by atoms with Gasteiger partial charge in [-0.25, -0.2) is 15.0 Å². The third-order valence-corrected chi connectivity index (χ3v) is 5.61. The quantitative estimate of drug-likeness (QED) is 0.297. The number of carbonyl (C=O) groups excluding carboxylic acids is 1. The van der Waals surface area contributed by atoms with Crippen LogP contribution in [0.5, 0.6) is 0 Å². The number of nitrogens with one attached hydrogen (secondary N) is 2. The molecule has 0 aliphatic rings. The second-order valence-electron chi connectivity index (χ2n) is 8.65. The van der Waals surface area contributed by atoms with E-state index in [9.17, 15) is 4.79 Å². The molecule has 5 aromatic rings. The first-order valence-corrected chi connectivity index (χ1v) is 11.4. The number of nitrogen functional groups attached to an aromatic ring is 1. The van der Waals surface area contributed by atoms with E-state index in [0.29, 0.717) is 22.9 Å². The molecule has 4 N–H and O–H groups in total. The van der Waals surface area contributed by atoms with E-state index in [1.165, 1.54) is 5.56 Å². The van der Waals surface area contributed by atoms with E-state index >= 15 is 0 Å². The molecule has 0 radical (unpaired) electrons. The monoisotopic (exact) mass is 478 g/mol. The Morgan fingerprint density at radius 3 is 2.61 bits per heavy atom. The SMILES string of the molecule is CN(C)Cc1ccn2c(-c3ccnc(Nc4ccc(C(=O)Nc5ccccc5N)cc4)n3)cnc2c1. The number of nitrogens with zero attached hydrogens (tertiary/aromatic N) is 5. The fourth-order valence-corrected chi connectivity index (χ4v) is 3.88. The van der Waals surface area contributed by atoms with Crippen LogP contribution in [0.1, 0.15) is 15.9 Å². The van der Waals surface area contributed by atoms with Crippen molar-refractivity contribution in [2.24, 2.45) is 0 Å². The number of hydrogen-bond donors (Lipinski definition) is 3. The molecule has 180 valence electrons. The summed E-state index contributed by atoms with van der Waals surface area (Å²) in [5.74, 6) is 0.208. The largest absolute Gasteiger partial charge is 0.397 e. The van der Waals surface area contributed by atoms with Gasteiger partial charge in [-0.15, -0.1) is 0 Å². The van der Waals surface area contributed by atoms with E-state index in [1.54, 1.807) is 42.6 Å². The van der Waals surface area contributed by atoms with E-state index < -0.39 is 0 Å². The van der Waals surface area contributed by atoms with Crippen LogP contribution >= 0.6 is 0 Å². The third-order valence-electron chi connectivity index (χ3n) is 5.61. The highest BCUT2D eigenvalue weighted by Gasteiger charge is 2.11. The van der Waals surface area contributed by atoms with Gasteiger partial charge < -0.3 is 21.3 Å². The molecule has 0 unspecified atom stereocenters. The maximum atomic E-state index is 12.6. The Hall–Kier alpha value is -4.76. The Labute approximate surface area is 208 Å². The molecule has 0 fully saturated rings. The lowest BCUT2D eigenvalue weighted by atomic mass is 10.2. The fourth-order valence-electron chi connectivity index (χ4n) is 3.88. The van der Waals surface area contributed by atoms with Crippen molar-refractivity contribution in [2.75, 3.05) is 30.5 Å². The smallest absolute Gasteiger partial charge is 0.255 e. The minimum absolute atomic E-state index is 0.237. The number of aromatic nitrogens is 4. The van der Waals surface area contributed by atoms with Gasteiger partial charge in [-0.1, -0.05) is 12.1 Å². The van der Waals surface area contributed by atoms with Crippen LogP contribution in [0, 0.1) is 0 Å². The summed E-state index contributed by atoms with van der Waals surface area (Å²) in [7, 11) is 4.08. The van der Waals surface area contributed by atoms with E-state index in [2.05, 4.69) is 42.6 Å². The van der Waals surface area contributed by atoms with E-state index in [4.69, 9.17) is 5.73 Å². The molecule has 0 atom stereocenters. The van der Waals surface area contributed by atoms with Gasteiger partial charge in [0.2, 0.25) is 5.95 Å². The standard InChI is InChI=1S/C27H26N8O/c1-34(2)17-18-12-14-35-24(16-30-25(35)15-18)23-11-13-29-27(33-23)31-20-9-7-19(8-10-20)26(36)32-22-6-4-3-5-21(22)28/h3-16H,17,28H2,1-2H3,(H,32,36)(H,29,31,33). The van der Waals surface area contributed by atoms with Crippen molar-refractivity contribution in [3.63, 3.8) is 0 Å². The van der Waals surface area contributed by atoms with Gasteiger partial charge in [0.25, 0.3) is 5.91 Å². The van der Waals surface area contributed by atoms with E-state index in [1.807, 2.05) is 49.1 Å². The lowest BCUT2D eigenvalue weighted by Crippen LogP contribution is -2.13. The Kier molecular flexibility index (Phi) is 6.29. The number of para-hydroxylation sites is 2. The number of benzene rings is 2. The lowest BCUT2D eigenvalue weighted by Gasteiger charge is -2.10. The number of fused-ring (bicyclic) bond motifs is 1. The average Bonchev–Trinajstić information content (AvgIpc) is 3.29. The number of rotatable bonds is 7. The van der Waals surface area contributed by atoms with Crippen LogP contribution in [0.15, 0.2) is 85.3 Å². The number of carbonyl (C=O) groups is 1. The highest BCUT2D eigenvalue weighted by atomic mass is 16.1. The minimum atomic E-state index is -0.237. The molecule has 0 spiro atoms. The summed E-state index contributed by atoms with van der Waals surface area (Å²) in [6.45, 7) is 0.848. The predicted octanol–water partition coefficient (Wildman–Crippen LogP) is 4.43. The highest BCUT2D eigenvalue weighted by Crippen LogP contribution is 2.23. The Balaban J connectivity index is 1.31. The van der Waals surface area contributed by atoms with Gasteiger partial charge in [-0.3, -0.25) is 9.20 Å². The topological polar surface area (TPSA) is 113 Å². The van der Waals surface area contributed by atoms with Crippen molar-refractivity contribution in [3.8, 4) is 11.4 Å². The van der Waals surface area contributed by atoms with Crippen LogP contribution in [-0.4, -0.2) is 44.3 Å². The molecular formula is C27H26N8O. The Morgan fingerprint density at radius 2 is 1.83 bits per heavy atom. The summed E-state index contributed by atoms with van der Waals surface area (Å²) in [5.41, 5.74) is 12.0. The van der Waals surface area contributed by atoms with Gasteiger partial charge in [0.15, 0.2) is 0 Å². The van der Waals surface area contributed by atoms with E-state index in [0.717, 1.165) is 29.3 Å². The minimum Gasteiger partial charge on any atom is -0.397 e. The zero-order valence-electron chi connectivity index (χ0n) is 20.0. The van der Waals surface area contributed by atoms with Crippen molar-refractivity contribution in [3.05, 3.63) is 96.4 Å². The summed E-state index contributed by atoms with van der Waals surface area (Å²) in [4.78, 5) is 28.3. The molecule has 9 nitrogen and oxygen atoms in total. The summed E-state index contributed by atoms with van der Waals surface area (Å²) in [5, 5.41) is 6.03. The van der Waals surface area contributed by atoms with Crippen LogP contribution in [0.2, 0.25) is 0 Å². The number of pyridine rings is 1. The van der Waals surface area contributed by atoms with Gasteiger partial charge in [-0.05, 0) is 74.3 Å². The third kappa shape index (κ3) is 5.01. The molecule has 9 heteroatoms. The fraction of sp³-hybridized carbons (Fsp3) is 0.111.